The molecule has 1 atom stereocenters. The Balaban J connectivity index is 2.72. The molecule has 0 aliphatic carbocycles. The molecule has 5 N–H and O–H groups in total. The van der Waals surface area contributed by atoms with Crippen LogP contribution in [0.5, 0.6) is 0 Å². The molecule has 6 heteroatoms. The number of hydrogen-bond donors (Lipinski definition) is 4. The summed E-state index contributed by atoms with van der Waals surface area (Å²) in [5.74, 6) is 6.84. The largest absolute Gasteiger partial charge is 0.391 e. The normalized spacial score (nSPS) is 13.1. The van der Waals surface area contributed by atoms with Crippen molar-refractivity contribution >= 4 is 11.6 Å². The summed E-state index contributed by atoms with van der Waals surface area (Å²) in [6.07, 6.45) is 3.59. The highest BCUT2D eigenvalue weighted by atomic mass is 16.3. The number of rotatable bonds is 7. The molecule has 114 valence electrons. The molecule has 0 aromatic carbocycles. The minimum atomic E-state index is -0.409. The van der Waals surface area contributed by atoms with E-state index in [2.05, 4.69) is 48.4 Å². The molecule has 0 spiro atoms. The van der Waals surface area contributed by atoms with Gasteiger partial charge in [0.15, 0.2) is 0 Å². The topological polar surface area (TPSA) is 96.1 Å². The fourth-order valence-electron chi connectivity index (χ4n) is 2.17. The number of aliphatic hydroxyl groups is 1. The van der Waals surface area contributed by atoms with E-state index in [0.29, 0.717) is 12.4 Å². The van der Waals surface area contributed by atoms with Crippen LogP contribution in [0.4, 0.5) is 11.6 Å². The van der Waals surface area contributed by atoms with E-state index in [0.717, 1.165) is 30.6 Å². The smallest absolute Gasteiger partial charge is 0.148 e. The van der Waals surface area contributed by atoms with E-state index in [-0.39, 0.29) is 5.41 Å². The van der Waals surface area contributed by atoms with Gasteiger partial charge in [-0.25, -0.2) is 15.8 Å². The lowest BCUT2D eigenvalue weighted by Gasteiger charge is -2.23. The first-order chi connectivity index (χ1) is 9.37. The lowest BCUT2D eigenvalue weighted by Crippen LogP contribution is -2.26. The molecule has 0 radical (unpaired) electrons. The van der Waals surface area contributed by atoms with Crippen LogP contribution >= 0.6 is 0 Å². The number of nitrogens with zero attached hydrogens (tertiary/aromatic N) is 2. The zero-order chi connectivity index (χ0) is 15.2. The summed E-state index contributed by atoms with van der Waals surface area (Å²) in [5, 5.41) is 13.2. The number of hydrogen-bond acceptors (Lipinski definition) is 6. The van der Waals surface area contributed by atoms with Gasteiger partial charge >= 0.3 is 0 Å². The SMILES string of the molecule is CCCc1c(NN)ncnc1NCC(O)CC(C)(C)C. The van der Waals surface area contributed by atoms with Crippen LogP contribution in [0.3, 0.4) is 0 Å². The highest BCUT2D eigenvalue weighted by Gasteiger charge is 2.17. The van der Waals surface area contributed by atoms with Crippen molar-refractivity contribution in [2.24, 2.45) is 11.3 Å². The number of nitrogen functional groups attached to an aromatic ring is 1. The van der Waals surface area contributed by atoms with Gasteiger partial charge in [-0.1, -0.05) is 34.1 Å². The maximum atomic E-state index is 10.0. The van der Waals surface area contributed by atoms with Gasteiger partial charge in [0.2, 0.25) is 0 Å². The van der Waals surface area contributed by atoms with Crippen molar-refractivity contribution in [3.8, 4) is 0 Å². The maximum Gasteiger partial charge on any atom is 0.148 e. The molecule has 0 fully saturated rings. The summed E-state index contributed by atoms with van der Waals surface area (Å²) in [4.78, 5) is 8.36. The highest BCUT2D eigenvalue weighted by molar-refractivity contribution is 5.56. The van der Waals surface area contributed by atoms with Crippen LogP contribution in [0.25, 0.3) is 0 Å². The van der Waals surface area contributed by atoms with Crippen LogP contribution in [0.15, 0.2) is 6.33 Å². The number of hydrazine groups is 1. The first kappa shape index (κ1) is 16.7. The highest BCUT2D eigenvalue weighted by Crippen LogP contribution is 2.23. The van der Waals surface area contributed by atoms with Crippen molar-refractivity contribution in [2.45, 2.75) is 53.1 Å². The predicted octanol–water partition coefficient (Wildman–Crippen LogP) is 1.92. The number of nitrogens with two attached hydrogens (primary N) is 1. The van der Waals surface area contributed by atoms with E-state index < -0.39 is 6.10 Å². The van der Waals surface area contributed by atoms with E-state index in [4.69, 9.17) is 5.84 Å². The predicted molar refractivity (Wildman–Crippen MR) is 82.4 cm³/mol. The van der Waals surface area contributed by atoms with E-state index in [1.807, 2.05) is 0 Å². The summed E-state index contributed by atoms with van der Waals surface area (Å²) >= 11 is 0. The Hall–Kier alpha value is -1.40. The number of aromatic nitrogens is 2. The van der Waals surface area contributed by atoms with Gasteiger partial charge in [0.25, 0.3) is 0 Å². The van der Waals surface area contributed by atoms with Crippen molar-refractivity contribution in [1.82, 2.24) is 9.97 Å². The van der Waals surface area contributed by atoms with Crippen molar-refractivity contribution < 1.29 is 5.11 Å². The molecule has 1 rings (SSSR count). The second-order valence-electron chi connectivity index (χ2n) is 6.24. The molecule has 0 aliphatic heterocycles. The van der Waals surface area contributed by atoms with Crippen molar-refractivity contribution in [3.05, 3.63) is 11.9 Å². The molecule has 0 amide bonds. The van der Waals surface area contributed by atoms with Gasteiger partial charge in [-0.3, -0.25) is 0 Å². The van der Waals surface area contributed by atoms with Crippen LogP contribution in [0.2, 0.25) is 0 Å². The molecule has 1 aromatic rings. The third-order valence-electron chi connectivity index (χ3n) is 2.94. The van der Waals surface area contributed by atoms with Gasteiger partial charge in [-0.15, -0.1) is 0 Å². The molecule has 20 heavy (non-hydrogen) atoms. The average Bonchev–Trinajstić information content (AvgIpc) is 2.35. The summed E-state index contributed by atoms with van der Waals surface area (Å²) in [6, 6.07) is 0. The van der Waals surface area contributed by atoms with Gasteiger partial charge in [0.1, 0.15) is 18.0 Å². The van der Waals surface area contributed by atoms with Gasteiger partial charge in [-0.2, -0.15) is 0 Å². The third kappa shape index (κ3) is 5.30. The number of nitrogens with one attached hydrogen (secondary N) is 2. The molecule has 0 bridgehead atoms. The van der Waals surface area contributed by atoms with E-state index >= 15 is 0 Å². The molecule has 0 saturated heterocycles. The maximum absolute atomic E-state index is 10.0. The second kappa shape index (κ2) is 7.40. The lowest BCUT2D eigenvalue weighted by atomic mass is 9.89. The Bertz CT molecular complexity index is 417. The Morgan fingerprint density at radius 2 is 1.95 bits per heavy atom. The van der Waals surface area contributed by atoms with E-state index in [1.165, 1.54) is 6.33 Å². The van der Waals surface area contributed by atoms with E-state index in [9.17, 15) is 5.11 Å². The third-order valence-corrected chi connectivity index (χ3v) is 2.94. The Morgan fingerprint density at radius 1 is 1.30 bits per heavy atom. The fraction of sp³-hybridized carbons (Fsp3) is 0.714. The number of aliphatic hydroxyl groups excluding tert-OH is 1. The molecule has 0 saturated carbocycles. The Labute approximate surface area is 121 Å². The zero-order valence-corrected chi connectivity index (χ0v) is 12.9. The standard InChI is InChI=1S/C14H27N5O/c1-5-6-11-12(17-9-18-13(11)19-15)16-8-10(20)7-14(2,3)4/h9-10,20H,5-8,15H2,1-4H3,(H2,16,17,18,19). The minimum Gasteiger partial charge on any atom is -0.391 e. The van der Waals surface area contributed by atoms with Crippen molar-refractivity contribution in [3.63, 3.8) is 0 Å². The van der Waals surface area contributed by atoms with Crippen molar-refractivity contribution in [1.29, 1.82) is 0 Å². The van der Waals surface area contributed by atoms with Crippen LogP contribution in [0.1, 0.15) is 46.1 Å². The quantitative estimate of drug-likeness (QED) is 0.450. The minimum absolute atomic E-state index is 0.100. The fourth-order valence-corrected chi connectivity index (χ4v) is 2.17. The van der Waals surface area contributed by atoms with Gasteiger partial charge in [0.05, 0.1) is 6.10 Å². The molecule has 6 nitrogen and oxygen atoms in total. The van der Waals surface area contributed by atoms with E-state index in [1.54, 1.807) is 0 Å². The summed E-state index contributed by atoms with van der Waals surface area (Å²) in [6.45, 7) is 8.89. The average molecular weight is 281 g/mol. The molecular formula is C14H27N5O. The van der Waals surface area contributed by atoms with Gasteiger partial charge in [-0.05, 0) is 18.3 Å². The summed E-state index contributed by atoms with van der Waals surface area (Å²) in [5.41, 5.74) is 3.65. The van der Waals surface area contributed by atoms with Gasteiger partial charge < -0.3 is 15.8 Å². The Kier molecular flexibility index (Phi) is 6.16. The lowest BCUT2D eigenvalue weighted by molar-refractivity contribution is 0.132. The molecule has 1 aromatic heterocycles. The molecule has 0 aliphatic rings. The van der Waals surface area contributed by atoms with Crippen LogP contribution in [-0.2, 0) is 6.42 Å². The van der Waals surface area contributed by atoms with Crippen LogP contribution < -0.4 is 16.6 Å². The van der Waals surface area contributed by atoms with Crippen LogP contribution in [0, 0.1) is 5.41 Å². The molecular weight excluding hydrogens is 254 g/mol. The van der Waals surface area contributed by atoms with Gasteiger partial charge in [0, 0.05) is 12.1 Å². The van der Waals surface area contributed by atoms with Crippen LogP contribution in [-0.4, -0.2) is 27.7 Å². The number of anilines is 2. The first-order valence-electron chi connectivity index (χ1n) is 7.09. The zero-order valence-electron chi connectivity index (χ0n) is 12.9. The second-order valence-corrected chi connectivity index (χ2v) is 6.24. The monoisotopic (exact) mass is 281 g/mol. The summed E-state index contributed by atoms with van der Waals surface area (Å²) in [7, 11) is 0. The molecule has 1 heterocycles. The van der Waals surface area contributed by atoms with Crippen molar-refractivity contribution in [2.75, 3.05) is 17.3 Å². The summed E-state index contributed by atoms with van der Waals surface area (Å²) < 4.78 is 0. The Morgan fingerprint density at radius 3 is 2.50 bits per heavy atom. The first-order valence-corrected chi connectivity index (χ1v) is 7.09. The molecule has 1 unspecified atom stereocenters.